The molecule has 0 aromatic heterocycles. The summed E-state index contributed by atoms with van der Waals surface area (Å²) in [7, 11) is 2.02. The highest BCUT2D eigenvalue weighted by Gasteiger charge is 2.23. The summed E-state index contributed by atoms with van der Waals surface area (Å²) >= 11 is 0. The Labute approximate surface area is 114 Å². The van der Waals surface area contributed by atoms with Gasteiger partial charge in [-0.15, -0.1) is 0 Å². The number of aliphatic carboxylic acids is 1. The highest BCUT2D eigenvalue weighted by Crippen LogP contribution is 2.11. The average molecular weight is 271 g/mol. The quantitative estimate of drug-likeness (QED) is 0.665. The molecule has 19 heavy (non-hydrogen) atoms. The summed E-state index contributed by atoms with van der Waals surface area (Å²) in [5, 5.41) is 14.6. The lowest BCUT2D eigenvalue weighted by atomic mass is 9.97. The average Bonchev–Trinajstić information content (AvgIpc) is 2.69. The van der Waals surface area contributed by atoms with Crippen LogP contribution in [-0.4, -0.2) is 54.7 Å². The lowest BCUT2D eigenvalue weighted by Crippen LogP contribution is -2.45. The van der Waals surface area contributed by atoms with Crippen molar-refractivity contribution in [2.45, 2.75) is 32.7 Å². The van der Waals surface area contributed by atoms with Gasteiger partial charge in [0.2, 0.25) is 0 Å². The van der Waals surface area contributed by atoms with E-state index in [0.29, 0.717) is 12.3 Å². The van der Waals surface area contributed by atoms with Gasteiger partial charge in [-0.3, -0.25) is 4.79 Å². The summed E-state index contributed by atoms with van der Waals surface area (Å²) in [5.74, 6) is -1.07. The Hall–Kier alpha value is -1.30. The smallest absolute Gasteiger partial charge is 0.315 e. The van der Waals surface area contributed by atoms with Crippen molar-refractivity contribution in [2.75, 3.05) is 26.7 Å². The third-order valence-corrected chi connectivity index (χ3v) is 3.34. The molecule has 2 unspecified atom stereocenters. The Morgan fingerprint density at radius 3 is 2.58 bits per heavy atom. The van der Waals surface area contributed by atoms with Gasteiger partial charge in [0.25, 0.3) is 0 Å². The van der Waals surface area contributed by atoms with Crippen LogP contribution in [0.2, 0.25) is 0 Å². The molecule has 1 fully saturated rings. The van der Waals surface area contributed by atoms with Crippen LogP contribution in [0.5, 0.6) is 0 Å². The van der Waals surface area contributed by atoms with Gasteiger partial charge in [0.05, 0.1) is 5.92 Å². The third-order valence-electron chi connectivity index (χ3n) is 3.34. The number of nitrogens with one attached hydrogen (secondary N) is 2. The first-order valence-corrected chi connectivity index (χ1v) is 6.84. The van der Waals surface area contributed by atoms with Gasteiger partial charge < -0.3 is 20.6 Å². The predicted molar refractivity (Wildman–Crippen MR) is 73.0 cm³/mol. The van der Waals surface area contributed by atoms with E-state index in [-0.39, 0.29) is 18.6 Å². The Morgan fingerprint density at radius 2 is 2.11 bits per heavy atom. The van der Waals surface area contributed by atoms with E-state index >= 15 is 0 Å². The molecule has 2 amide bonds. The maximum Gasteiger partial charge on any atom is 0.315 e. The van der Waals surface area contributed by atoms with Gasteiger partial charge in [0.1, 0.15) is 0 Å². The van der Waals surface area contributed by atoms with E-state index in [1.807, 2.05) is 20.9 Å². The molecule has 0 spiro atoms. The first-order valence-electron chi connectivity index (χ1n) is 6.84. The number of carbonyl (C=O) groups excluding carboxylic acids is 1. The van der Waals surface area contributed by atoms with Crippen LogP contribution in [0.25, 0.3) is 0 Å². The molecular weight excluding hydrogens is 246 g/mol. The lowest BCUT2D eigenvalue weighted by Gasteiger charge is -2.17. The first-order chi connectivity index (χ1) is 8.88. The van der Waals surface area contributed by atoms with E-state index in [0.717, 1.165) is 19.5 Å². The number of likely N-dealkylation sites (N-methyl/N-ethyl adjacent to an activating group) is 1. The van der Waals surface area contributed by atoms with Crippen LogP contribution in [-0.2, 0) is 4.79 Å². The fourth-order valence-electron chi connectivity index (χ4n) is 2.35. The van der Waals surface area contributed by atoms with Gasteiger partial charge in [-0.25, -0.2) is 4.79 Å². The molecule has 1 saturated heterocycles. The molecule has 0 aromatic rings. The van der Waals surface area contributed by atoms with E-state index in [2.05, 4.69) is 15.5 Å². The lowest BCUT2D eigenvalue weighted by molar-refractivity contribution is -0.142. The van der Waals surface area contributed by atoms with Gasteiger partial charge in [-0.05, 0) is 32.4 Å². The minimum absolute atomic E-state index is 0.165. The number of carboxylic acid groups (broad SMARTS) is 1. The van der Waals surface area contributed by atoms with Gasteiger partial charge >= 0.3 is 12.0 Å². The fourth-order valence-corrected chi connectivity index (χ4v) is 2.35. The van der Waals surface area contributed by atoms with E-state index in [4.69, 9.17) is 5.11 Å². The van der Waals surface area contributed by atoms with Gasteiger partial charge in [-0.1, -0.05) is 13.8 Å². The van der Waals surface area contributed by atoms with Crippen LogP contribution in [0.4, 0.5) is 4.79 Å². The largest absolute Gasteiger partial charge is 0.481 e. The highest BCUT2D eigenvalue weighted by molar-refractivity contribution is 5.76. The Kier molecular flexibility index (Phi) is 6.08. The molecule has 6 heteroatoms. The second-order valence-corrected chi connectivity index (χ2v) is 5.77. The van der Waals surface area contributed by atoms with Crippen LogP contribution in [0.15, 0.2) is 0 Å². The number of nitrogens with zero attached hydrogens (tertiary/aromatic N) is 1. The number of carboxylic acids is 1. The van der Waals surface area contributed by atoms with Crippen LogP contribution >= 0.6 is 0 Å². The third kappa shape index (κ3) is 5.92. The van der Waals surface area contributed by atoms with E-state index in [1.165, 1.54) is 0 Å². The van der Waals surface area contributed by atoms with E-state index in [1.54, 1.807) is 0 Å². The van der Waals surface area contributed by atoms with Gasteiger partial charge in [-0.2, -0.15) is 0 Å². The number of carbonyl (C=O) groups is 2. The zero-order chi connectivity index (χ0) is 14.4. The molecule has 3 N–H and O–H groups in total. The Bertz CT molecular complexity index is 320. The van der Waals surface area contributed by atoms with Crippen LogP contribution in [0.1, 0.15) is 26.7 Å². The Balaban J connectivity index is 2.29. The highest BCUT2D eigenvalue weighted by atomic mass is 16.4. The molecular formula is C13H25N3O3. The molecule has 0 aliphatic carbocycles. The molecule has 1 aliphatic heterocycles. The monoisotopic (exact) mass is 271 g/mol. The molecule has 110 valence electrons. The van der Waals surface area contributed by atoms with Crippen molar-refractivity contribution in [2.24, 2.45) is 11.8 Å². The van der Waals surface area contributed by atoms with Crippen molar-refractivity contribution >= 4 is 12.0 Å². The first kappa shape index (κ1) is 15.8. The van der Waals surface area contributed by atoms with Crippen LogP contribution < -0.4 is 10.6 Å². The molecule has 1 heterocycles. The standard InChI is InChI=1S/C13H25N3O3/c1-9(2)6-10(12(17)18)7-14-13(19)15-11-4-5-16(3)8-11/h9-11H,4-8H2,1-3H3,(H,17,18)(H2,14,15,19). The minimum Gasteiger partial charge on any atom is -0.481 e. The van der Waals surface area contributed by atoms with Crippen molar-refractivity contribution in [3.8, 4) is 0 Å². The van der Waals surface area contributed by atoms with Crippen molar-refractivity contribution < 1.29 is 14.7 Å². The summed E-state index contributed by atoms with van der Waals surface area (Å²) in [6, 6.07) is -0.103. The second kappa shape index (κ2) is 7.33. The second-order valence-electron chi connectivity index (χ2n) is 5.77. The number of rotatable bonds is 6. The summed E-state index contributed by atoms with van der Waals surface area (Å²) in [6.07, 6.45) is 1.51. The maximum absolute atomic E-state index is 11.7. The number of hydrogen-bond donors (Lipinski definition) is 3. The SMILES string of the molecule is CC(C)CC(CNC(=O)NC1CCN(C)C1)C(=O)O. The topological polar surface area (TPSA) is 81.7 Å². The van der Waals surface area contributed by atoms with Gasteiger partial charge in [0, 0.05) is 19.1 Å². The summed E-state index contributed by atoms with van der Waals surface area (Å²) < 4.78 is 0. The summed E-state index contributed by atoms with van der Waals surface area (Å²) in [6.45, 7) is 5.97. The molecule has 0 aromatic carbocycles. The number of amides is 2. The van der Waals surface area contributed by atoms with E-state index < -0.39 is 11.9 Å². The molecule has 6 nitrogen and oxygen atoms in total. The van der Waals surface area contributed by atoms with Crippen molar-refractivity contribution in [3.05, 3.63) is 0 Å². The van der Waals surface area contributed by atoms with Crippen LogP contribution in [0, 0.1) is 11.8 Å². The minimum atomic E-state index is -0.852. The molecule has 0 radical (unpaired) electrons. The van der Waals surface area contributed by atoms with Crippen molar-refractivity contribution in [1.82, 2.24) is 15.5 Å². The normalized spacial score (nSPS) is 21.4. The number of urea groups is 1. The summed E-state index contributed by atoms with van der Waals surface area (Å²) in [4.78, 5) is 24.9. The molecule has 1 aliphatic rings. The molecule has 2 atom stereocenters. The fraction of sp³-hybridized carbons (Fsp3) is 0.846. The van der Waals surface area contributed by atoms with Crippen molar-refractivity contribution in [3.63, 3.8) is 0 Å². The zero-order valence-electron chi connectivity index (χ0n) is 12.0. The molecule has 1 rings (SSSR count). The Morgan fingerprint density at radius 1 is 1.42 bits per heavy atom. The van der Waals surface area contributed by atoms with E-state index in [9.17, 15) is 9.59 Å². The molecule has 0 saturated carbocycles. The van der Waals surface area contributed by atoms with Gasteiger partial charge in [0.15, 0.2) is 0 Å². The maximum atomic E-state index is 11.7. The zero-order valence-corrected chi connectivity index (χ0v) is 12.0. The number of hydrogen-bond acceptors (Lipinski definition) is 3. The van der Waals surface area contributed by atoms with Crippen molar-refractivity contribution in [1.29, 1.82) is 0 Å². The van der Waals surface area contributed by atoms with Crippen LogP contribution in [0.3, 0.4) is 0 Å². The predicted octanol–water partition coefficient (Wildman–Crippen LogP) is 0.737. The molecule has 0 bridgehead atoms. The number of likely N-dealkylation sites (tertiary alicyclic amines) is 1. The summed E-state index contributed by atoms with van der Waals surface area (Å²) in [5.41, 5.74) is 0.